The molecule has 5 heteroatoms. The summed E-state index contributed by atoms with van der Waals surface area (Å²) in [7, 11) is 0. The van der Waals surface area contributed by atoms with E-state index in [2.05, 4.69) is 0 Å². The summed E-state index contributed by atoms with van der Waals surface area (Å²) in [4.78, 5) is 24.4. The predicted octanol–water partition coefficient (Wildman–Crippen LogP) is 1.11. The third kappa shape index (κ3) is 1.66. The molecule has 3 rings (SSSR count). The molecule has 1 heterocycles. The van der Waals surface area contributed by atoms with Crippen molar-refractivity contribution in [1.82, 2.24) is 4.90 Å². The quantitative estimate of drug-likeness (QED) is 0.873. The Morgan fingerprint density at radius 3 is 2.56 bits per heavy atom. The standard InChI is InChI=1S/C13H12FNO3/c14-8-3-1-7(2-4-8)5-15-6-9-10(12(15)16)11(9)13(17)18/h1-4,9-11H,5-6H2,(H,17,18). The third-order valence-electron chi connectivity index (χ3n) is 3.77. The lowest BCUT2D eigenvalue weighted by molar-refractivity contribution is -0.143. The number of nitrogens with zero attached hydrogens (tertiary/aromatic N) is 1. The molecule has 1 saturated carbocycles. The third-order valence-corrected chi connectivity index (χ3v) is 3.77. The Hall–Kier alpha value is -1.91. The number of fused-ring (bicyclic) bond motifs is 1. The molecule has 4 nitrogen and oxygen atoms in total. The first-order chi connectivity index (χ1) is 8.58. The Morgan fingerprint density at radius 2 is 2.06 bits per heavy atom. The number of carbonyl (C=O) groups excluding carboxylic acids is 1. The van der Waals surface area contributed by atoms with Crippen LogP contribution >= 0.6 is 0 Å². The average molecular weight is 249 g/mol. The number of hydrogen-bond donors (Lipinski definition) is 1. The van der Waals surface area contributed by atoms with Crippen molar-refractivity contribution in [2.24, 2.45) is 17.8 Å². The van der Waals surface area contributed by atoms with Gasteiger partial charge in [-0.3, -0.25) is 9.59 Å². The number of amides is 1. The maximum absolute atomic E-state index is 12.7. The highest BCUT2D eigenvalue weighted by Crippen LogP contribution is 2.52. The van der Waals surface area contributed by atoms with Gasteiger partial charge in [0.25, 0.3) is 0 Å². The van der Waals surface area contributed by atoms with Crippen LogP contribution in [0.5, 0.6) is 0 Å². The normalized spacial score (nSPS) is 29.3. The lowest BCUT2D eigenvalue weighted by Crippen LogP contribution is -2.30. The number of carboxylic acids is 1. The van der Waals surface area contributed by atoms with Crippen LogP contribution in [-0.2, 0) is 16.1 Å². The van der Waals surface area contributed by atoms with Gasteiger partial charge in [0.2, 0.25) is 5.91 Å². The fourth-order valence-electron chi connectivity index (χ4n) is 2.78. The number of rotatable bonds is 3. The molecular formula is C13H12FNO3. The number of carbonyl (C=O) groups is 2. The smallest absolute Gasteiger partial charge is 0.307 e. The predicted molar refractivity (Wildman–Crippen MR) is 59.9 cm³/mol. The topological polar surface area (TPSA) is 57.6 Å². The van der Waals surface area contributed by atoms with E-state index in [1.165, 1.54) is 12.1 Å². The van der Waals surface area contributed by atoms with Crippen LogP contribution in [0.4, 0.5) is 4.39 Å². The number of hydrogen-bond acceptors (Lipinski definition) is 2. The van der Waals surface area contributed by atoms with E-state index in [0.717, 1.165) is 5.56 Å². The number of likely N-dealkylation sites (tertiary alicyclic amines) is 1. The minimum atomic E-state index is -0.875. The van der Waals surface area contributed by atoms with Gasteiger partial charge in [-0.05, 0) is 17.7 Å². The highest BCUT2D eigenvalue weighted by atomic mass is 19.1. The van der Waals surface area contributed by atoms with Crippen molar-refractivity contribution in [3.8, 4) is 0 Å². The Balaban J connectivity index is 1.66. The monoisotopic (exact) mass is 249 g/mol. The molecule has 18 heavy (non-hydrogen) atoms. The minimum Gasteiger partial charge on any atom is -0.481 e. The van der Waals surface area contributed by atoms with E-state index in [1.54, 1.807) is 17.0 Å². The number of halogens is 1. The van der Waals surface area contributed by atoms with Gasteiger partial charge >= 0.3 is 5.97 Å². The van der Waals surface area contributed by atoms with Gasteiger partial charge in [-0.1, -0.05) is 12.1 Å². The molecule has 0 spiro atoms. The molecule has 1 amide bonds. The van der Waals surface area contributed by atoms with Crippen molar-refractivity contribution < 1.29 is 19.1 Å². The van der Waals surface area contributed by atoms with Gasteiger partial charge in [-0.2, -0.15) is 0 Å². The summed E-state index contributed by atoms with van der Waals surface area (Å²) in [6.45, 7) is 0.927. The SMILES string of the molecule is O=C(O)C1C2CN(Cc3ccc(F)cc3)C(=O)C21. The summed E-state index contributed by atoms with van der Waals surface area (Å²) < 4.78 is 12.7. The number of aliphatic carboxylic acids is 1. The number of benzene rings is 1. The largest absolute Gasteiger partial charge is 0.481 e. The maximum atomic E-state index is 12.7. The molecular weight excluding hydrogens is 237 g/mol. The fourth-order valence-corrected chi connectivity index (χ4v) is 2.78. The first kappa shape index (κ1) is 11.2. The molecule has 3 unspecified atom stereocenters. The van der Waals surface area contributed by atoms with Crippen LogP contribution in [-0.4, -0.2) is 28.4 Å². The van der Waals surface area contributed by atoms with Crippen molar-refractivity contribution in [2.75, 3.05) is 6.54 Å². The first-order valence-corrected chi connectivity index (χ1v) is 5.84. The highest BCUT2D eigenvalue weighted by molar-refractivity contribution is 5.93. The molecule has 3 atom stereocenters. The van der Waals surface area contributed by atoms with E-state index in [0.29, 0.717) is 13.1 Å². The van der Waals surface area contributed by atoms with Gasteiger partial charge in [-0.15, -0.1) is 0 Å². The van der Waals surface area contributed by atoms with Crippen molar-refractivity contribution in [3.63, 3.8) is 0 Å². The van der Waals surface area contributed by atoms with E-state index >= 15 is 0 Å². The van der Waals surface area contributed by atoms with Crippen LogP contribution in [0.25, 0.3) is 0 Å². The van der Waals surface area contributed by atoms with Crippen molar-refractivity contribution in [2.45, 2.75) is 6.54 Å². The molecule has 2 fully saturated rings. The highest BCUT2D eigenvalue weighted by Gasteiger charge is 2.64. The molecule has 1 aromatic rings. The molecule has 0 aromatic heterocycles. The summed E-state index contributed by atoms with van der Waals surface area (Å²) >= 11 is 0. The summed E-state index contributed by atoms with van der Waals surface area (Å²) in [6.07, 6.45) is 0. The molecule has 1 saturated heterocycles. The lowest BCUT2D eigenvalue weighted by atomic mass is 10.2. The zero-order valence-electron chi connectivity index (χ0n) is 9.54. The summed E-state index contributed by atoms with van der Waals surface area (Å²) in [5.74, 6) is -2.11. The molecule has 1 N–H and O–H groups in total. The Labute approximate surface area is 103 Å². The molecule has 2 aliphatic rings. The van der Waals surface area contributed by atoms with Gasteiger partial charge in [0.05, 0.1) is 11.8 Å². The zero-order chi connectivity index (χ0) is 12.9. The molecule has 94 valence electrons. The summed E-state index contributed by atoms with van der Waals surface area (Å²) in [5.41, 5.74) is 0.859. The van der Waals surface area contributed by atoms with Gasteiger partial charge in [0, 0.05) is 19.0 Å². The Bertz CT molecular complexity index is 513. The van der Waals surface area contributed by atoms with Crippen molar-refractivity contribution in [1.29, 1.82) is 0 Å². The van der Waals surface area contributed by atoms with Crippen molar-refractivity contribution in [3.05, 3.63) is 35.6 Å². The van der Waals surface area contributed by atoms with E-state index in [4.69, 9.17) is 5.11 Å². The second-order valence-electron chi connectivity index (χ2n) is 4.90. The van der Waals surface area contributed by atoms with Crippen LogP contribution < -0.4 is 0 Å². The second kappa shape index (κ2) is 3.80. The molecule has 1 aliphatic carbocycles. The molecule has 1 aliphatic heterocycles. The van der Waals surface area contributed by atoms with Crippen LogP contribution in [0.3, 0.4) is 0 Å². The maximum Gasteiger partial charge on any atom is 0.307 e. The summed E-state index contributed by atoms with van der Waals surface area (Å²) in [5, 5.41) is 8.87. The minimum absolute atomic E-state index is 0.0320. The average Bonchev–Trinajstić information content (AvgIpc) is 2.96. The van der Waals surface area contributed by atoms with E-state index in [1.807, 2.05) is 0 Å². The zero-order valence-corrected chi connectivity index (χ0v) is 9.54. The van der Waals surface area contributed by atoms with Crippen LogP contribution in [0.1, 0.15) is 5.56 Å². The second-order valence-corrected chi connectivity index (χ2v) is 4.90. The van der Waals surface area contributed by atoms with Gasteiger partial charge < -0.3 is 10.0 Å². The molecule has 1 aromatic carbocycles. The van der Waals surface area contributed by atoms with E-state index < -0.39 is 11.9 Å². The lowest BCUT2D eigenvalue weighted by Gasteiger charge is -2.19. The molecule has 0 bridgehead atoms. The first-order valence-electron chi connectivity index (χ1n) is 5.84. The Morgan fingerprint density at radius 1 is 1.39 bits per heavy atom. The number of piperidine rings is 1. The van der Waals surface area contributed by atoms with Gasteiger partial charge in [0.15, 0.2) is 0 Å². The van der Waals surface area contributed by atoms with E-state index in [9.17, 15) is 14.0 Å². The van der Waals surface area contributed by atoms with Crippen LogP contribution in [0.2, 0.25) is 0 Å². The molecule has 0 radical (unpaired) electrons. The van der Waals surface area contributed by atoms with Crippen LogP contribution in [0.15, 0.2) is 24.3 Å². The Kier molecular flexibility index (Phi) is 2.36. The van der Waals surface area contributed by atoms with Crippen molar-refractivity contribution >= 4 is 11.9 Å². The van der Waals surface area contributed by atoms with Gasteiger partial charge in [0.1, 0.15) is 5.82 Å². The van der Waals surface area contributed by atoms with Crippen LogP contribution in [0, 0.1) is 23.6 Å². The van der Waals surface area contributed by atoms with Gasteiger partial charge in [-0.25, -0.2) is 4.39 Å². The number of carboxylic acid groups (broad SMARTS) is 1. The fraction of sp³-hybridized carbons (Fsp3) is 0.385. The van der Waals surface area contributed by atoms with E-state index in [-0.39, 0.29) is 23.6 Å². The summed E-state index contributed by atoms with van der Waals surface area (Å²) in [6, 6.07) is 6.00.